The molecule has 0 heterocycles. The molecule has 0 aliphatic rings. The second-order valence-electron chi connectivity index (χ2n) is 9.99. The van der Waals surface area contributed by atoms with Gasteiger partial charge in [0.2, 0.25) is 5.91 Å². The van der Waals surface area contributed by atoms with Crippen molar-refractivity contribution in [2.24, 2.45) is 0 Å². The van der Waals surface area contributed by atoms with Gasteiger partial charge in [-0.15, -0.1) is 0 Å². The van der Waals surface area contributed by atoms with E-state index in [2.05, 4.69) is 19.2 Å². The zero-order chi connectivity index (χ0) is 29.5. The lowest BCUT2D eigenvalue weighted by atomic mass is 10.1. The summed E-state index contributed by atoms with van der Waals surface area (Å²) < 4.78 is 0. The molecule has 39 heavy (non-hydrogen) atoms. The number of carbonyl (C=O) groups is 5. The Morgan fingerprint density at radius 2 is 0.974 bits per heavy atom. The number of rotatable bonds is 27. The maximum Gasteiger partial charge on any atom is 0.317 e. The van der Waals surface area contributed by atoms with Crippen LogP contribution in [0.4, 0.5) is 0 Å². The maximum absolute atomic E-state index is 12.4. The lowest BCUT2D eigenvalue weighted by Crippen LogP contribution is -2.46. The van der Waals surface area contributed by atoms with Crippen molar-refractivity contribution in [1.82, 2.24) is 20.0 Å². The third-order valence-electron chi connectivity index (χ3n) is 6.22. The molecule has 0 aromatic carbocycles. The number of hydrogen-bond acceptors (Lipinski definition) is 8. The number of Topliss-reactive ketones (excluding diaryl/α,β-unsaturated/α-hetero) is 1. The van der Waals surface area contributed by atoms with Gasteiger partial charge in [0.05, 0.1) is 32.7 Å². The Labute approximate surface area is 232 Å². The van der Waals surface area contributed by atoms with Gasteiger partial charge in [0.25, 0.3) is 0 Å². The predicted octanol–water partition coefficient (Wildman–Crippen LogP) is 1.77. The van der Waals surface area contributed by atoms with E-state index in [1.54, 1.807) is 4.90 Å². The van der Waals surface area contributed by atoms with E-state index in [0.717, 1.165) is 57.8 Å². The van der Waals surface area contributed by atoms with Crippen molar-refractivity contribution >= 4 is 29.6 Å². The van der Waals surface area contributed by atoms with Gasteiger partial charge in [-0.25, -0.2) is 0 Å². The molecular formula is C27H50N4O8. The SMILES string of the molecule is CCCCCCCC(=O)CN(CCN(CCN(CC(=O)O)CC(=O)NCCCCCC)CC(=O)O)CC(=O)O. The Hall–Kier alpha value is -2.57. The standard InChI is InChI=1S/C27H50N4O8/c1-3-5-7-9-10-12-23(32)18-30(21-26(36)37)16-14-29(20-25(34)35)15-17-31(22-27(38)39)19-24(33)28-13-11-8-6-4-2/h3-22H2,1-2H3,(H,28,33)(H,34,35)(H,36,37)(H,38,39). The van der Waals surface area contributed by atoms with Gasteiger partial charge in [-0.1, -0.05) is 58.8 Å². The quantitative estimate of drug-likeness (QED) is 0.108. The molecule has 1 amide bonds. The average molecular weight is 559 g/mol. The van der Waals surface area contributed by atoms with Crippen LogP contribution in [0.25, 0.3) is 0 Å². The van der Waals surface area contributed by atoms with Crippen LogP contribution in [-0.2, 0) is 24.0 Å². The van der Waals surface area contributed by atoms with Crippen molar-refractivity contribution in [3.05, 3.63) is 0 Å². The highest BCUT2D eigenvalue weighted by Gasteiger charge is 2.19. The van der Waals surface area contributed by atoms with Gasteiger partial charge >= 0.3 is 17.9 Å². The minimum absolute atomic E-state index is 0.0233. The van der Waals surface area contributed by atoms with Crippen molar-refractivity contribution < 1.29 is 39.3 Å². The molecule has 4 N–H and O–H groups in total. The van der Waals surface area contributed by atoms with E-state index in [1.807, 2.05) is 0 Å². The van der Waals surface area contributed by atoms with Gasteiger partial charge < -0.3 is 20.6 Å². The van der Waals surface area contributed by atoms with Crippen molar-refractivity contribution in [2.75, 3.05) is 65.4 Å². The molecule has 0 spiro atoms. The highest BCUT2D eigenvalue weighted by Crippen LogP contribution is 2.06. The first-order chi connectivity index (χ1) is 18.6. The van der Waals surface area contributed by atoms with Crippen molar-refractivity contribution in [2.45, 2.75) is 78.1 Å². The van der Waals surface area contributed by atoms with E-state index in [-0.39, 0.29) is 70.6 Å². The van der Waals surface area contributed by atoms with E-state index in [0.29, 0.717) is 13.0 Å². The zero-order valence-corrected chi connectivity index (χ0v) is 23.9. The highest BCUT2D eigenvalue weighted by molar-refractivity contribution is 5.81. The summed E-state index contributed by atoms with van der Waals surface area (Å²) in [5.41, 5.74) is 0. The number of carbonyl (C=O) groups excluding carboxylic acids is 2. The summed E-state index contributed by atoms with van der Waals surface area (Å²) in [5, 5.41) is 30.6. The second kappa shape index (κ2) is 23.3. The Morgan fingerprint density at radius 1 is 0.538 bits per heavy atom. The first-order valence-corrected chi connectivity index (χ1v) is 14.2. The van der Waals surface area contributed by atoms with Crippen LogP contribution >= 0.6 is 0 Å². The Kier molecular flexibility index (Phi) is 21.8. The van der Waals surface area contributed by atoms with Crippen molar-refractivity contribution in [1.29, 1.82) is 0 Å². The molecule has 0 aromatic heterocycles. The third-order valence-corrected chi connectivity index (χ3v) is 6.22. The normalized spacial score (nSPS) is 11.3. The fraction of sp³-hybridized carbons (Fsp3) is 0.815. The summed E-state index contributed by atoms with van der Waals surface area (Å²) in [6, 6.07) is 0. The Morgan fingerprint density at radius 3 is 1.49 bits per heavy atom. The summed E-state index contributed by atoms with van der Waals surface area (Å²) in [7, 11) is 0. The highest BCUT2D eigenvalue weighted by atomic mass is 16.4. The topological polar surface area (TPSA) is 168 Å². The molecule has 0 aliphatic heterocycles. The number of carboxylic acids is 3. The molecule has 0 unspecified atom stereocenters. The van der Waals surface area contributed by atoms with Crippen LogP contribution in [0.5, 0.6) is 0 Å². The molecule has 0 radical (unpaired) electrons. The lowest BCUT2D eigenvalue weighted by molar-refractivity contribution is -0.141. The fourth-order valence-electron chi connectivity index (χ4n) is 4.13. The summed E-state index contributed by atoms with van der Waals surface area (Å²) in [4.78, 5) is 63.2. The van der Waals surface area contributed by atoms with E-state index >= 15 is 0 Å². The van der Waals surface area contributed by atoms with E-state index in [9.17, 15) is 39.3 Å². The van der Waals surface area contributed by atoms with Crippen LogP contribution in [0.15, 0.2) is 0 Å². The Bertz CT molecular complexity index is 683. The minimum atomic E-state index is -1.10. The molecule has 12 heteroatoms. The molecule has 226 valence electrons. The number of carboxylic acid groups (broad SMARTS) is 3. The van der Waals surface area contributed by atoms with Crippen LogP contribution in [0.3, 0.4) is 0 Å². The molecule has 0 bridgehead atoms. The number of nitrogens with zero attached hydrogens (tertiary/aromatic N) is 3. The molecule has 0 rings (SSSR count). The zero-order valence-electron chi connectivity index (χ0n) is 23.9. The van der Waals surface area contributed by atoms with Gasteiger partial charge in [-0.3, -0.25) is 38.7 Å². The summed E-state index contributed by atoms with van der Waals surface area (Å²) in [6.45, 7) is 4.16. The summed E-state index contributed by atoms with van der Waals surface area (Å²) in [6.07, 6.45) is 9.39. The minimum Gasteiger partial charge on any atom is -0.480 e. The van der Waals surface area contributed by atoms with Crippen molar-refractivity contribution in [3.8, 4) is 0 Å². The van der Waals surface area contributed by atoms with Crippen LogP contribution < -0.4 is 5.32 Å². The fourth-order valence-corrected chi connectivity index (χ4v) is 4.13. The summed E-state index contributed by atoms with van der Waals surface area (Å²) in [5.74, 6) is -3.61. The van der Waals surface area contributed by atoms with Gasteiger partial charge in [0.1, 0.15) is 5.78 Å². The molecule has 12 nitrogen and oxygen atoms in total. The molecule has 0 atom stereocenters. The van der Waals surface area contributed by atoms with E-state index in [4.69, 9.17) is 0 Å². The van der Waals surface area contributed by atoms with Gasteiger partial charge in [-0.05, 0) is 12.8 Å². The lowest BCUT2D eigenvalue weighted by Gasteiger charge is -2.28. The largest absolute Gasteiger partial charge is 0.480 e. The maximum atomic E-state index is 12.4. The number of aliphatic carboxylic acids is 3. The van der Waals surface area contributed by atoms with Gasteiger partial charge in [0, 0.05) is 39.1 Å². The predicted molar refractivity (Wildman–Crippen MR) is 148 cm³/mol. The van der Waals surface area contributed by atoms with Crippen LogP contribution in [-0.4, -0.2) is 125 Å². The van der Waals surface area contributed by atoms with E-state index < -0.39 is 17.9 Å². The molecule has 0 aromatic rings. The smallest absolute Gasteiger partial charge is 0.317 e. The first-order valence-electron chi connectivity index (χ1n) is 14.2. The van der Waals surface area contributed by atoms with Crippen LogP contribution in [0.1, 0.15) is 78.1 Å². The second-order valence-corrected chi connectivity index (χ2v) is 9.99. The number of ketones is 1. The average Bonchev–Trinajstić information content (AvgIpc) is 2.84. The van der Waals surface area contributed by atoms with Crippen LogP contribution in [0, 0.1) is 0 Å². The molecule has 0 aliphatic carbocycles. The number of hydrogen-bond donors (Lipinski definition) is 4. The number of nitrogens with one attached hydrogen (secondary N) is 1. The van der Waals surface area contributed by atoms with E-state index in [1.165, 1.54) is 9.80 Å². The molecule has 0 saturated heterocycles. The monoisotopic (exact) mass is 558 g/mol. The molecule has 0 saturated carbocycles. The molecular weight excluding hydrogens is 508 g/mol. The summed E-state index contributed by atoms with van der Waals surface area (Å²) >= 11 is 0. The molecule has 0 fully saturated rings. The van der Waals surface area contributed by atoms with Gasteiger partial charge in [-0.2, -0.15) is 0 Å². The Balaban J connectivity index is 4.93. The van der Waals surface area contributed by atoms with Crippen LogP contribution in [0.2, 0.25) is 0 Å². The first kappa shape index (κ1) is 36.4. The number of amides is 1. The third kappa shape index (κ3) is 23.1. The number of unbranched alkanes of at least 4 members (excludes halogenated alkanes) is 7. The van der Waals surface area contributed by atoms with Crippen molar-refractivity contribution in [3.63, 3.8) is 0 Å². The van der Waals surface area contributed by atoms with Gasteiger partial charge in [0.15, 0.2) is 0 Å².